The molecule has 1 rings (SSSR count). The Morgan fingerprint density at radius 3 is 2.64 bits per heavy atom. The lowest BCUT2D eigenvalue weighted by Crippen LogP contribution is -1.96. The molecule has 76 valence electrons. The molecule has 0 atom stereocenters. The monoisotopic (exact) mass is 210 g/mol. The Morgan fingerprint density at radius 1 is 1.36 bits per heavy atom. The highest BCUT2D eigenvalue weighted by molar-refractivity contribution is 7.94. The summed E-state index contributed by atoms with van der Waals surface area (Å²) in [6.45, 7) is 3.61. The van der Waals surface area contributed by atoms with Gasteiger partial charge in [-0.05, 0) is 18.6 Å². The summed E-state index contributed by atoms with van der Waals surface area (Å²) >= 11 is 0. The molecule has 0 unspecified atom stereocenters. The summed E-state index contributed by atoms with van der Waals surface area (Å²) in [5.74, 6) is 0.148. The van der Waals surface area contributed by atoms with Gasteiger partial charge in [-0.2, -0.15) is 0 Å². The van der Waals surface area contributed by atoms with Crippen molar-refractivity contribution < 1.29 is 8.42 Å². The van der Waals surface area contributed by atoms with Gasteiger partial charge in [0.25, 0.3) is 0 Å². The van der Waals surface area contributed by atoms with Gasteiger partial charge in [0.05, 0.1) is 5.75 Å². The number of rotatable bonds is 3. The number of benzene rings is 1. The van der Waals surface area contributed by atoms with E-state index in [2.05, 4.69) is 0 Å². The van der Waals surface area contributed by atoms with Gasteiger partial charge in [0.1, 0.15) is 0 Å². The van der Waals surface area contributed by atoms with Crippen LogP contribution in [0.5, 0.6) is 0 Å². The van der Waals surface area contributed by atoms with E-state index in [-0.39, 0.29) is 5.75 Å². The maximum Gasteiger partial charge on any atom is 0.171 e. The van der Waals surface area contributed by atoms with E-state index < -0.39 is 9.84 Å². The van der Waals surface area contributed by atoms with E-state index in [0.29, 0.717) is 0 Å². The van der Waals surface area contributed by atoms with Gasteiger partial charge in [-0.15, -0.1) is 0 Å². The third kappa shape index (κ3) is 3.34. The molecule has 0 heterocycles. The zero-order valence-corrected chi connectivity index (χ0v) is 9.21. The third-order valence-electron chi connectivity index (χ3n) is 1.91. The molecule has 0 amide bonds. The highest BCUT2D eigenvalue weighted by atomic mass is 32.2. The van der Waals surface area contributed by atoms with Crippen molar-refractivity contribution in [2.24, 2.45) is 0 Å². The summed E-state index contributed by atoms with van der Waals surface area (Å²) in [6, 6.07) is 7.72. The molecule has 0 bridgehead atoms. The second-order valence-corrected chi connectivity index (χ2v) is 5.34. The first-order chi connectivity index (χ1) is 6.53. The maximum atomic E-state index is 11.2. The van der Waals surface area contributed by atoms with Crippen LogP contribution in [0.3, 0.4) is 0 Å². The van der Waals surface area contributed by atoms with Gasteiger partial charge in [-0.3, -0.25) is 0 Å². The fourth-order valence-electron chi connectivity index (χ4n) is 1.05. The molecule has 0 aliphatic carbocycles. The topological polar surface area (TPSA) is 34.1 Å². The summed E-state index contributed by atoms with van der Waals surface area (Å²) < 4.78 is 22.3. The second kappa shape index (κ2) is 4.42. The summed E-state index contributed by atoms with van der Waals surface area (Å²) in [4.78, 5) is 0. The van der Waals surface area contributed by atoms with Crippen molar-refractivity contribution >= 4 is 15.9 Å². The maximum absolute atomic E-state index is 11.2. The van der Waals surface area contributed by atoms with Crippen molar-refractivity contribution in [3.63, 3.8) is 0 Å². The molecule has 0 aliphatic rings. The van der Waals surface area contributed by atoms with Crippen LogP contribution in [0.1, 0.15) is 18.1 Å². The van der Waals surface area contributed by atoms with E-state index >= 15 is 0 Å². The van der Waals surface area contributed by atoms with Crippen LogP contribution in [0, 0.1) is 6.92 Å². The average Bonchev–Trinajstić information content (AvgIpc) is 2.15. The van der Waals surface area contributed by atoms with Crippen LogP contribution >= 0.6 is 0 Å². The van der Waals surface area contributed by atoms with E-state index in [0.717, 1.165) is 11.1 Å². The van der Waals surface area contributed by atoms with Crippen LogP contribution in [0.2, 0.25) is 0 Å². The van der Waals surface area contributed by atoms with Gasteiger partial charge in [0.2, 0.25) is 0 Å². The lowest BCUT2D eigenvalue weighted by atomic mass is 10.1. The van der Waals surface area contributed by atoms with Crippen LogP contribution in [0.4, 0.5) is 0 Å². The van der Waals surface area contributed by atoms with E-state index in [1.54, 1.807) is 13.0 Å². The van der Waals surface area contributed by atoms with Crippen molar-refractivity contribution in [3.8, 4) is 0 Å². The number of aryl methyl sites for hydroxylation is 1. The molecular formula is C11H14O2S. The molecule has 1 aromatic carbocycles. The summed E-state index contributed by atoms with van der Waals surface area (Å²) in [5, 5.41) is 1.27. The highest BCUT2D eigenvalue weighted by Crippen LogP contribution is 2.07. The smallest absolute Gasteiger partial charge is 0.171 e. The van der Waals surface area contributed by atoms with E-state index in [1.807, 2.05) is 31.2 Å². The predicted octanol–water partition coefficient (Wildman–Crippen LogP) is 2.40. The number of hydrogen-bond donors (Lipinski definition) is 0. The number of sulfone groups is 1. The first-order valence-electron chi connectivity index (χ1n) is 4.51. The molecule has 1 aromatic rings. The largest absolute Gasteiger partial charge is 0.224 e. The van der Waals surface area contributed by atoms with Crippen LogP contribution in [0.15, 0.2) is 29.7 Å². The predicted molar refractivity (Wildman–Crippen MR) is 59.7 cm³/mol. The SMILES string of the molecule is CCS(=O)(=O)/C=C/c1cccc(C)c1. The van der Waals surface area contributed by atoms with Crippen molar-refractivity contribution in [3.05, 3.63) is 40.8 Å². The molecule has 0 saturated carbocycles. The van der Waals surface area contributed by atoms with Crippen LogP contribution in [-0.4, -0.2) is 14.2 Å². The Bertz CT molecular complexity index is 430. The minimum absolute atomic E-state index is 0.148. The molecule has 14 heavy (non-hydrogen) atoms. The van der Waals surface area contributed by atoms with Gasteiger partial charge in [-0.25, -0.2) is 8.42 Å². The molecule has 0 radical (unpaired) electrons. The molecule has 0 saturated heterocycles. The molecule has 0 N–H and O–H groups in total. The second-order valence-electron chi connectivity index (χ2n) is 3.17. The zero-order chi connectivity index (χ0) is 10.6. The van der Waals surface area contributed by atoms with E-state index in [4.69, 9.17) is 0 Å². The standard InChI is InChI=1S/C11H14O2S/c1-3-14(12,13)8-7-11-6-4-5-10(2)9-11/h4-9H,3H2,1-2H3/b8-7+. The molecule has 2 nitrogen and oxygen atoms in total. The quantitative estimate of drug-likeness (QED) is 0.767. The third-order valence-corrected chi connectivity index (χ3v) is 3.27. The van der Waals surface area contributed by atoms with Crippen LogP contribution < -0.4 is 0 Å². The Kier molecular flexibility index (Phi) is 3.47. The van der Waals surface area contributed by atoms with Gasteiger partial charge < -0.3 is 0 Å². The van der Waals surface area contributed by atoms with Crippen molar-refractivity contribution in [1.29, 1.82) is 0 Å². The zero-order valence-electron chi connectivity index (χ0n) is 8.40. The highest BCUT2D eigenvalue weighted by Gasteiger charge is 1.99. The molecule has 0 aliphatic heterocycles. The van der Waals surface area contributed by atoms with Crippen molar-refractivity contribution in [2.75, 3.05) is 5.75 Å². The molecule has 3 heteroatoms. The van der Waals surface area contributed by atoms with Crippen LogP contribution in [-0.2, 0) is 9.84 Å². The van der Waals surface area contributed by atoms with Crippen LogP contribution in [0.25, 0.3) is 6.08 Å². The Balaban J connectivity index is 2.89. The fraction of sp³-hybridized carbons (Fsp3) is 0.273. The van der Waals surface area contributed by atoms with Gasteiger partial charge in [-0.1, -0.05) is 36.8 Å². The molecular weight excluding hydrogens is 196 g/mol. The lowest BCUT2D eigenvalue weighted by molar-refractivity contribution is 0.606. The van der Waals surface area contributed by atoms with Gasteiger partial charge >= 0.3 is 0 Å². The minimum atomic E-state index is -3.01. The Morgan fingerprint density at radius 2 is 2.07 bits per heavy atom. The van der Waals surface area contributed by atoms with Gasteiger partial charge in [0.15, 0.2) is 9.84 Å². The summed E-state index contributed by atoms with van der Waals surface area (Å²) in [5.41, 5.74) is 2.04. The van der Waals surface area contributed by atoms with E-state index in [9.17, 15) is 8.42 Å². The summed E-state index contributed by atoms with van der Waals surface area (Å²) in [7, 11) is -3.01. The van der Waals surface area contributed by atoms with E-state index in [1.165, 1.54) is 5.41 Å². The Hall–Kier alpha value is -1.09. The fourth-order valence-corrected chi connectivity index (χ4v) is 1.61. The average molecular weight is 210 g/mol. The van der Waals surface area contributed by atoms with Crippen molar-refractivity contribution in [2.45, 2.75) is 13.8 Å². The summed E-state index contributed by atoms with van der Waals surface area (Å²) in [6.07, 6.45) is 1.63. The molecule has 0 aromatic heterocycles. The van der Waals surface area contributed by atoms with Crippen molar-refractivity contribution in [1.82, 2.24) is 0 Å². The first-order valence-corrected chi connectivity index (χ1v) is 6.22. The Labute approximate surface area is 85.2 Å². The first kappa shape index (κ1) is 11.0. The molecule has 0 spiro atoms. The normalized spacial score (nSPS) is 12.1. The minimum Gasteiger partial charge on any atom is -0.224 e. The molecule has 0 fully saturated rings. The lowest BCUT2D eigenvalue weighted by Gasteiger charge is -1.95. The van der Waals surface area contributed by atoms with Gasteiger partial charge in [0, 0.05) is 5.41 Å². The number of hydrogen-bond acceptors (Lipinski definition) is 2.